The van der Waals surface area contributed by atoms with Gasteiger partial charge in [-0.25, -0.2) is 0 Å². The molecule has 3 heteroatoms. The van der Waals surface area contributed by atoms with Gasteiger partial charge in [0.1, 0.15) is 0 Å². The highest BCUT2D eigenvalue weighted by molar-refractivity contribution is 4.98. The lowest BCUT2D eigenvalue weighted by Crippen LogP contribution is -2.09. The Morgan fingerprint density at radius 1 is 1.70 bits per heavy atom. The Morgan fingerprint density at radius 3 is 2.80 bits per heavy atom. The molecule has 1 rings (SSSR count). The van der Waals surface area contributed by atoms with E-state index in [-0.39, 0.29) is 5.56 Å². The van der Waals surface area contributed by atoms with Crippen molar-refractivity contribution in [3.8, 4) is 0 Å². The lowest BCUT2D eigenvalue weighted by atomic mass is 10.3. The Balaban J connectivity index is 2.88. The minimum atomic E-state index is 0.0449. The molecule has 1 heterocycles. The summed E-state index contributed by atoms with van der Waals surface area (Å²) >= 11 is 0. The number of rotatable bonds is 2. The second kappa shape index (κ2) is 2.73. The minimum Gasteiger partial charge on any atom is -0.300 e. The van der Waals surface area contributed by atoms with Crippen molar-refractivity contribution in [2.24, 2.45) is 7.05 Å². The lowest BCUT2D eigenvalue weighted by Gasteiger charge is -1.90. The van der Waals surface area contributed by atoms with Gasteiger partial charge in [0.05, 0.1) is 0 Å². The van der Waals surface area contributed by atoms with Crippen LogP contribution < -0.4 is 5.56 Å². The average Bonchev–Trinajstić information content (AvgIpc) is 2.14. The number of nitrogens with one attached hydrogen (secondary N) is 1. The molecule has 0 aliphatic rings. The number of aryl methyl sites for hydroxylation is 2. The molecule has 1 aromatic rings. The summed E-state index contributed by atoms with van der Waals surface area (Å²) in [5, 5.41) is 2.95. The summed E-state index contributed by atoms with van der Waals surface area (Å²) in [7, 11) is 1.72. The molecule has 1 aromatic heterocycles. The zero-order chi connectivity index (χ0) is 7.56. The summed E-state index contributed by atoms with van der Waals surface area (Å²) in [4.78, 5) is 10.8. The molecule has 0 bridgehead atoms. The van der Waals surface area contributed by atoms with Gasteiger partial charge in [-0.15, -0.1) is 0 Å². The van der Waals surface area contributed by atoms with E-state index >= 15 is 0 Å². The minimum absolute atomic E-state index is 0.0449. The molecule has 3 nitrogen and oxygen atoms in total. The Morgan fingerprint density at radius 2 is 2.40 bits per heavy atom. The molecule has 0 amide bonds. The molecule has 56 valence electrons. The molecular weight excluding hydrogens is 128 g/mol. The zero-order valence-electron chi connectivity index (χ0n) is 6.35. The third-order valence-electron chi connectivity index (χ3n) is 1.46. The Labute approximate surface area is 59.7 Å². The second-order valence-corrected chi connectivity index (χ2v) is 2.43. The highest BCUT2D eigenvalue weighted by atomic mass is 16.1. The van der Waals surface area contributed by atoms with Crippen LogP contribution >= 0.6 is 0 Å². The van der Waals surface area contributed by atoms with Crippen molar-refractivity contribution in [1.82, 2.24) is 9.78 Å². The average molecular weight is 140 g/mol. The van der Waals surface area contributed by atoms with Gasteiger partial charge in [0.25, 0.3) is 5.56 Å². The maximum Gasteiger partial charge on any atom is 0.266 e. The summed E-state index contributed by atoms with van der Waals surface area (Å²) in [5.74, 6) is 0. The fraction of sp³-hybridized carbons (Fsp3) is 0.571. The molecule has 0 spiro atoms. The monoisotopic (exact) mass is 140 g/mol. The first kappa shape index (κ1) is 7.12. The third kappa shape index (κ3) is 1.29. The molecule has 0 aromatic carbocycles. The van der Waals surface area contributed by atoms with Gasteiger partial charge in [0.2, 0.25) is 0 Å². The van der Waals surface area contributed by atoms with Gasteiger partial charge in [-0.1, -0.05) is 13.3 Å². The molecular formula is C7H12N2O. The molecule has 0 aliphatic heterocycles. The molecule has 0 unspecified atom stereocenters. The Kier molecular flexibility index (Phi) is 1.94. The first-order valence-corrected chi connectivity index (χ1v) is 3.49. The van der Waals surface area contributed by atoms with Crippen LogP contribution in [0.15, 0.2) is 10.9 Å². The largest absolute Gasteiger partial charge is 0.300 e. The first-order chi connectivity index (χ1) is 4.74. The van der Waals surface area contributed by atoms with Crippen LogP contribution in [0.5, 0.6) is 0 Å². The van der Waals surface area contributed by atoms with Gasteiger partial charge in [-0.2, -0.15) is 0 Å². The van der Waals surface area contributed by atoms with Crippen LogP contribution in [0, 0.1) is 0 Å². The summed E-state index contributed by atoms with van der Waals surface area (Å²) in [5.41, 5.74) is 1.07. The van der Waals surface area contributed by atoms with Crippen LogP contribution in [0.1, 0.15) is 19.0 Å². The molecule has 0 aliphatic carbocycles. The number of aromatic amines is 1. The fourth-order valence-corrected chi connectivity index (χ4v) is 0.946. The number of H-pyrrole nitrogens is 1. The molecule has 10 heavy (non-hydrogen) atoms. The summed E-state index contributed by atoms with van der Waals surface area (Å²) in [6.07, 6.45) is 2.02. The predicted octanol–water partition coefficient (Wildman–Crippen LogP) is 0.666. The van der Waals surface area contributed by atoms with Gasteiger partial charge < -0.3 is 0 Å². The first-order valence-electron chi connectivity index (χ1n) is 3.49. The lowest BCUT2D eigenvalue weighted by molar-refractivity contribution is 0.713. The van der Waals surface area contributed by atoms with Crippen LogP contribution in [0.4, 0.5) is 0 Å². The zero-order valence-corrected chi connectivity index (χ0v) is 6.35. The predicted molar refractivity (Wildman–Crippen MR) is 40.0 cm³/mol. The van der Waals surface area contributed by atoms with E-state index in [1.807, 2.05) is 0 Å². The van der Waals surface area contributed by atoms with Gasteiger partial charge in [-0.3, -0.25) is 14.6 Å². The van der Waals surface area contributed by atoms with E-state index in [0.29, 0.717) is 0 Å². The Bertz CT molecular complexity index is 259. The molecule has 0 fully saturated rings. The second-order valence-electron chi connectivity index (χ2n) is 2.43. The molecule has 0 saturated heterocycles. The van der Waals surface area contributed by atoms with E-state index < -0.39 is 0 Å². The maximum atomic E-state index is 10.8. The quantitative estimate of drug-likeness (QED) is 0.644. The van der Waals surface area contributed by atoms with Gasteiger partial charge in [0, 0.05) is 18.8 Å². The molecule has 1 N–H and O–H groups in total. The highest BCUT2D eigenvalue weighted by Crippen LogP contribution is 1.93. The number of nitrogens with zero attached hydrogens (tertiary/aromatic N) is 1. The van der Waals surface area contributed by atoms with Gasteiger partial charge in [0.15, 0.2) is 0 Å². The normalized spacial score (nSPS) is 10.2. The van der Waals surface area contributed by atoms with Crippen LogP contribution in [-0.2, 0) is 13.5 Å². The summed E-state index contributed by atoms with van der Waals surface area (Å²) < 4.78 is 1.49. The topological polar surface area (TPSA) is 37.8 Å². The van der Waals surface area contributed by atoms with Crippen molar-refractivity contribution < 1.29 is 0 Å². The van der Waals surface area contributed by atoms with Crippen molar-refractivity contribution in [3.05, 3.63) is 22.1 Å². The third-order valence-corrected chi connectivity index (χ3v) is 1.46. The van der Waals surface area contributed by atoms with Gasteiger partial charge >= 0.3 is 0 Å². The number of aromatic nitrogens is 2. The summed E-state index contributed by atoms with van der Waals surface area (Å²) in [6.45, 7) is 2.09. The van der Waals surface area contributed by atoms with Crippen LogP contribution in [0.2, 0.25) is 0 Å². The van der Waals surface area contributed by atoms with Crippen molar-refractivity contribution in [1.29, 1.82) is 0 Å². The van der Waals surface area contributed by atoms with E-state index in [9.17, 15) is 4.79 Å². The van der Waals surface area contributed by atoms with Crippen molar-refractivity contribution in [3.63, 3.8) is 0 Å². The van der Waals surface area contributed by atoms with Crippen LogP contribution in [0.3, 0.4) is 0 Å². The van der Waals surface area contributed by atoms with Gasteiger partial charge in [-0.05, 0) is 6.42 Å². The van der Waals surface area contributed by atoms with E-state index in [0.717, 1.165) is 18.5 Å². The highest BCUT2D eigenvalue weighted by Gasteiger charge is 1.95. The van der Waals surface area contributed by atoms with E-state index in [2.05, 4.69) is 12.0 Å². The maximum absolute atomic E-state index is 10.8. The van der Waals surface area contributed by atoms with Crippen molar-refractivity contribution in [2.45, 2.75) is 19.8 Å². The standard InChI is InChI=1S/C7H12N2O/c1-3-4-6-5-7(10)9(2)8-6/h5,8H,3-4H2,1-2H3. The van der Waals surface area contributed by atoms with E-state index in [4.69, 9.17) is 0 Å². The van der Waals surface area contributed by atoms with Crippen molar-refractivity contribution >= 4 is 0 Å². The van der Waals surface area contributed by atoms with E-state index in [1.165, 1.54) is 4.68 Å². The van der Waals surface area contributed by atoms with Crippen LogP contribution in [0.25, 0.3) is 0 Å². The molecule has 0 saturated carbocycles. The van der Waals surface area contributed by atoms with Crippen molar-refractivity contribution in [2.75, 3.05) is 0 Å². The Hall–Kier alpha value is -0.990. The SMILES string of the molecule is CCCc1cc(=O)n(C)[nH]1. The number of hydrogen-bond acceptors (Lipinski definition) is 1. The summed E-state index contributed by atoms with van der Waals surface area (Å²) in [6, 6.07) is 1.64. The molecule has 0 atom stereocenters. The number of hydrogen-bond donors (Lipinski definition) is 1. The van der Waals surface area contributed by atoms with Crippen LogP contribution in [-0.4, -0.2) is 9.78 Å². The fourth-order valence-electron chi connectivity index (χ4n) is 0.946. The van der Waals surface area contributed by atoms with E-state index in [1.54, 1.807) is 13.1 Å². The smallest absolute Gasteiger partial charge is 0.266 e. The molecule has 0 radical (unpaired) electrons.